The molecule has 0 radical (unpaired) electrons. The summed E-state index contributed by atoms with van der Waals surface area (Å²) in [6, 6.07) is 8.97. The second-order valence-electron chi connectivity index (χ2n) is 7.82. The number of benzene rings is 2. The SMILES string of the molecule is C=CCN1CCN(C(=O)c2csc(-c3ccc(OCc4ccc(F)c(F)c4)c(OC)c3)n2)CC1. The van der Waals surface area contributed by atoms with Gasteiger partial charge in [-0.15, -0.1) is 17.9 Å². The highest BCUT2D eigenvalue weighted by molar-refractivity contribution is 7.13. The van der Waals surface area contributed by atoms with Gasteiger partial charge in [0.05, 0.1) is 7.11 Å². The Morgan fingerprint density at radius 2 is 1.91 bits per heavy atom. The van der Waals surface area contributed by atoms with Crippen molar-refractivity contribution in [3.05, 3.63) is 77.3 Å². The molecule has 1 aromatic heterocycles. The highest BCUT2D eigenvalue weighted by Gasteiger charge is 2.23. The Kier molecular flexibility index (Phi) is 7.54. The van der Waals surface area contributed by atoms with E-state index in [4.69, 9.17) is 9.47 Å². The van der Waals surface area contributed by atoms with Gasteiger partial charge in [0.1, 0.15) is 17.3 Å². The molecule has 1 amide bonds. The van der Waals surface area contributed by atoms with Gasteiger partial charge in [-0.25, -0.2) is 13.8 Å². The summed E-state index contributed by atoms with van der Waals surface area (Å²) < 4.78 is 37.7. The molecular weight excluding hydrogens is 460 g/mol. The number of thiazole rings is 1. The van der Waals surface area contributed by atoms with Crippen molar-refractivity contribution in [3.63, 3.8) is 0 Å². The number of hydrogen-bond donors (Lipinski definition) is 0. The molecule has 0 bridgehead atoms. The van der Waals surface area contributed by atoms with Gasteiger partial charge in [0.25, 0.3) is 5.91 Å². The lowest BCUT2D eigenvalue weighted by molar-refractivity contribution is 0.0645. The third kappa shape index (κ3) is 5.43. The van der Waals surface area contributed by atoms with Crippen LogP contribution >= 0.6 is 11.3 Å². The van der Waals surface area contributed by atoms with Gasteiger partial charge in [-0.1, -0.05) is 12.1 Å². The van der Waals surface area contributed by atoms with Crippen LogP contribution in [-0.2, 0) is 6.61 Å². The first-order valence-electron chi connectivity index (χ1n) is 10.8. The molecule has 3 aromatic rings. The number of halogens is 2. The lowest BCUT2D eigenvalue weighted by Gasteiger charge is -2.33. The van der Waals surface area contributed by atoms with Crippen molar-refractivity contribution in [2.75, 3.05) is 39.8 Å². The van der Waals surface area contributed by atoms with Gasteiger partial charge in [0.15, 0.2) is 23.1 Å². The van der Waals surface area contributed by atoms with Crippen LogP contribution in [-0.4, -0.2) is 60.5 Å². The first-order valence-corrected chi connectivity index (χ1v) is 11.7. The maximum absolute atomic E-state index is 13.4. The Labute approximate surface area is 201 Å². The molecule has 0 unspecified atom stereocenters. The Bertz CT molecular complexity index is 1180. The molecule has 178 valence electrons. The van der Waals surface area contributed by atoms with Crippen molar-refractivity contribution in [1.82, 2.24) is 14.8 Å². The van der Waals surface area contributed by atoms with E-state index < -0.39 is 11.6 Å². The number of amides is 1. The molecule has 4 rings (SSSR count). The zero-order chi connectivity index (χ0) is 24.1. The van der Waals surface area contributed by atoms with Crippen LogP contribution in [0.4, 0.5) is 8.78 Å². The fourth-order valence-electron chi connectivity index (χ4n) is 3.69. The molecule has 0 N–H and O–H groups in total. The fourth-order valence-corrected chi connectivity index (χ4v) is 4.48. The molecule has 0 saturated carbocycles. The van der Waals surface area contributed by atoms with Crippen LogP contribution in [0.1, 0.15) is 16.1 Å². The van der Waals surface area contributed by atoms with Crippen molar-refractivity contribution in [2.45, 2.75) is 6.61 Å². The number of carbonyl (C=O) groups is 1. The predicted molar refractivity (Wildman–Crippen MR) is 127 cm³/mol. The summed E-state index contributed by atoms with van der Waals surface area (Å²) in [5, 5.41) is 2.47. The lowest BCUT2D eigenvalue weighted by Crippen LogP contribution is -2.48. The summed E-state index contributed by atoms with van der Waals surface area (Å²) in [4.78, 5) is 21.5. The highest BCUT2D eigenvalue weighted by atomic mass is 32.1. The zero-order valence-electron chi connectivity index (χ0n) is 18.8. The quantitative estimate of drug-likeness (QED) is 0.436. The van der Waals surface area contributed by atoms with Gasteiger partial charge >= 0.3 is 0 Å². The van der Waals surface area contributed by atoms with Crippen LogP contribution in [0, 0.1) is 11.6 Å². The Morgan fingerprint density at radius 1 is 1.12 bits per heavy atom. The molecule has 0 atom stereocenters. The lowest BCUT2D eigenvalue weighted by atomic mass is 10.2. The molecule has 2 heterocycles. The van der Waals surface area contributed by atoms with E-state index in [1.165, 1.54) is 24.5 Å². The van der Waals surface area contributed by atoms with Crippen molar-refractivity contribution in [2.24, 2.45) is 0 Å². The van der Waals surface area contributed by atoms with E-state index in [9.17, 15) is 13.6 Å². The monoisotopic (exact) mass is 485 g/mol. The second kappa shape index (κ2) is 10.8. The van der Waals surface area contributed by atoms with E-state index in [1.54, 1.807) is 17.5 Å². The fraction of sp³-hybridized carbons (Fsp3) is 0.280. The Morgan fingerprint density at radius 3 is 2.62 bits per heavy atom. The molecule has 1 saturated heterocycles. The first-order chi connectivity index (χ1) is 16.5. The van der Waals surface area contributed by atoms with E-state index in [2.05, 4.69) is 16.5 Å². The van der Waals surface area contributed by atoms with Gasteiger partial charge in [-0.05, 0) is 35.9 Å². The van der Waals surface area contributed by atoms with Gasteiger partial charge in [0, 0.05) is 43.7 Å². The van der Waals surface area contributed by atoms with Crippen molar-refractivity contribution in [3.8, 4) is 22.1 Å². The van der Waals surface area contributed by atoms with Gasteiger partial charge in [-0.2, -0.15) is 0 Å². The first kappa shape index (κ1) is 23.8. The molecule has 9 heteroatoms. The summed E-state index contributed by atoms with van der Waals surface area (Å²) in [6.07, 6.45) is 1.87. The molecular formula is C25H25F2N3O3S. The summed E-state index contributed by atoms with van der Waals surface area (Å²) >= 11 is 1.39. The van der Waals surface area contributed by atoms with Crippen LogP contribution in [0.15, 0.2) is 54.4 Å². The van der Waals surface area contributed by atoms with Crippen LogP contribution in [0.2, 0.25) is 0 Å². The average molecular weight is 486 g/mol. The van der Waals surface area contributed by atoms with E-state index in [1.807, 2.05) is 17.0 Å². The van der Waals surface area contributed by atoms with E-state index in [-0.39, 0.29) is 12.5 Å². The van der Waals surface area contributed by atoms with E-state index in [0.29, 0.717) is 40.9 Å². The highest BCUT2D eigenvalue weighted by Crippen LogP contribution is 2.34. The zero-order valence-corrected chi connectivity index (χ0v) is 19.6. The van der Waals surface area contributed by atoms with Crippen LogP contribution in [0.5, 0.6) is 11.5 Å². The topological polar surface area (TPSA) is 54.9 Å². The number of rotatable bonds is 8. The summed E-state index contributed by atoms with van der Waals surface area (Å²) in [6.45, 7) is 7.61. The van der Waals surface area contributed by atoms with Gasteiger partial charge < -0.3 is 14.4 Å². The maximum atomic E-state index is 13.4. The minimum absolute atomic E-state index is 0.0584. The molecule has 34 heavy (non-hydrogen) atoms. The molecule has 1 aliphatic rings. The number of piperazine rings is 1. The minimum Gasteiger partial charge on any atom is -0.493 e. The number of hydrogen-bond acceptors (Lipinski definition) is 6. The van der Waals surface area contributed by atoms with Crippen LogP contribution in [0.3, 0.4) is 0 Å². The van der Waals surface area contributed by atoms with Gasteiger partial charge in [0.2, 0.25) is 0 Å². The molecule has 6 nitrogen and oxygen atoms in total. The predicted octanol–water partition coefficient (Wildman–Crippen LogP) is 4.62. The summed E-state index contributed by atoms with van der Waals surface area (Å²) in [7, 11) is 1.52. The Hall–Kier alpha value is -3.30. The maximum Gasteiger partial charge on any atom is 0.273 e. The summed E-state index contributed by atoms with van der Waals surface area (Å²) in [5.74, 6) is -0.958. The largest absolute Gasteiger partial charge is 0.493 e. The van der Waals surface area contributed by atoms with Crippen LogP contribution < -0.4 is 9.47 Å². The number of methoxy groups -OCH3 is 1. The van der Waals surface area contributed by atoms with Gasteiger partial charge in [-0.3, -0.25) is 9.69 Å². The van der Waals surface area contributed by atoms with Crippen molar-refractivity contribution >= 4 is 17.2 Å². The average Bonchev–Trinajstić information content (AvgIpc) is 3.35. The molecule has 0 aliphatic carbocycles. The third-order valence-corrected chi connectivity index (χ3v) is 6.45. The minimum atomic E-state index is -0.920. The van der Waals surface area contributed by atoms with E-state index in [0.717, 1.165) is 37.3 Å². The number of carbonyl (C=O) groups excluding carboxylic acids is 1. The number of ether oxygens (including phenoxy) is 2. The smallest absolute Gasteiger partial charge is 0.273 e. The number of nitrogens with zero attached hydrogens (tertiary/aromatic N) is 3. The van der Waals surface area contributed by atoms with Crippen molar-refractivity contribution in [1.29, 1.82) is 0 Å². The normalized spacial score (nSPS) is 14.1. The third-order valence-electron chi connectivity index (χ3n) is 5.56. The molecule has 1 fully saturated rings. The Balaban J connectivity index is 1.43. The molecule has 2 aromatic carbocycles. The second-order valence-corrected chi connectivity index (χ2v) is 8.68. The van der Waals surface area contributed by atoms with Crippen LogP contribution in [0.25, 0.3) is 10.6 Å². The number of aromatic nitrogens is 1. The van der Waals surface area contributed by atoms with Crippen molar-refractivity contribution < 1.29 is 23.0 Å². The molecule has 1 aliphatic heterocycles. The summed E-state index contributed by atoms with van der Waals surface area (Å²) in [5.41, 5.74) is 1.71. The molecule has 0 spiro atoms. The van der Waals surface area contributed by atoms with E-state index >= 15 is 0 Å². The standard InChI is InChI=1S/C25H25F2N3O3S/c1-3-8-29-9-11-30(12-10-29)25(31)21-16-34-24(28-21)18-5-7-22(23(14-18)32-2)33-15-17-4-6-19(26)20(27)13-17/h3-7,13-14,16H,1,8-12,15H2,2H3.